The van der Waals surface area contributed by atoms with Gasteiger partial charge >= 0.3 is 6.03 Å². The summed E-state index contributed by atoms with van der Waals surface area (Å²) in [5.41, 5.74) is 7.23. The Morgan fingerprint density at radius 1 is 1.29 bits per heavy atom. The third-order valence-corrected chi connectivity index (χ3v) is 6.65. The molecule has 200 valence electrons. The number of amides is 2. The van der Waals surface area contributed by atoms with E-state index < -0.39 is 23.2 Å². The number of anilines is 1. The summed E-state index contributed by atoms with van der Waals surface area (Å²) < 4.78 is 38.5. The second-order valence-corrected chi connectivity index (χ2v) is 10.5. The van der Waals surface area contributed by atoms with Crippen molar-refractivity contribution < 1.29 is 18.3 Å². The molecule has 0 saturated carbocycles. The highest BCUT2D eigenvalue weighted by atomic mass is 19.1. The molecule has 0 fully saturated rings. The molecule has 0 radical (unpaired) electrons. The van der Waals surface area contributed by atoms with E-state index >= 15 is 8.78 Å². The van der Waals surface area contributed by atoms with Crippen LogP contribution in [0.3, 0.4) is 0 Å². The maximum atomic E-state index is 15.7. The van der Waals surface area contributed by atoms with Gasteiger partial charge in [-0.15, -0.1) is 0 Å². The lowest BCUT2D eigenvalue weighted by atomic mass is 9.95. The Morgan fingerprint density at radius 3 is 2.68 bits per heavy atom. The van der Waals surface area contributed by atoms with Crippen LogP contribution in [0.1, 0.15) is 44.5 Å². The monoisotopic (exact) mass is 522 g/mol. The van der Waals surface area contributed by atoms with Crippen molar-refractivity contribution in [2.45, 2.75) is 53.1 Å². The first-order valence-corrected chi connectivity index (χ1v) is 12.5. The smallest absolute Gasteiger partial charge is 0.316 e. The average Bonchev–Trinajstić information content (AvgIpc) is 3.22. The molecule has 10 heteroatoms. The third-order valence-electron chi connectivity index (χ3n) is 6.65. The van der Waals surface area contributed by atoms with E-state index in [1.54, 1.807) is 4.68 Å². The lowest BCUT2D eigenvalue weighted by molar-refractivity contribution is 0.150. The summed E-state index contributed by atoms with van der Waals surface area (Å²) in [6, 6.07) is 8.88. The van der Waals surface area contributed by atoms with Crippen LogP contribution in [0.2, 0.25) is 0 Å². The SMILES string of the molecule is Cc1cccc(OCC(C)C)c1-n1nc2c(c1-c1cc(F)c(NC(N)=O)cc1F)CN(C(C)(C)C#N)CC2. The van der Waals surface area contributed by atoms with Gasteiger partial charge in [-0.25, -0.2) is 18.3 Å². The number of nitriles is 1. The number of nitrogens with zero attached hydrogens (tertiary/aromatic N) is 4. The van der Waals surface area contributed by atoms with Gasteiger partial charge in [-0.1, -0.05) is 26.0 Å². The van der Waals surface area contributed by atoms with Crippen molar-refractivity contribution in [3.8, 4) is 28.8 Å². The minimum atomic E-state index is -1.00. The van der Waals surface area contributed by atoms with E-state index in [2.05, 4.69) is 11.4 Å². The number of halogens is 2. The number of hydrogen-bond donors (Lipinski definition) is 2. The highest BCUT2D eigenvalue weighted by Gasteiger charge is 2.35. The molecule has 1 aliphatic rings. The number of ether oxygens (including phenoxy) is 1. The van der Waals surface area contributed by atoms with Gasteiger partial charge in [0, 0.05) is 36.7 Å². The Balaban J connectivity index is 1.97. The second-order valence-electron chi connectivity index (χ2n) is 10.5. The molecule has 2 amide bonds. The van der Waals surface area contributed by atoms with E-state index in [1.807, 2.05) is 57.7 Å². The summed E-state index contributed by atoms with van der Waals surface area (Å²) in [7, 11) is 0. The number of nitrogens with one attached hydrogen (secondary N) is 1. The lowest BCUT2D eigenvalue weighted by Crippen LogP contribution is -2.45. The summed E-state index contributed by atoms with van der Waals surface area (Å²) in [6.45, 7) is 11.0. The van der Waals surface area contributed by atoms with Crippen LogP contribution in [0.25, 0.3) is 16.9 Å². The van der Waals surface area contributed by atoms with Crippen LogP contribution in [0.5, 0.6) is 5.75 Å². The van der Waals surface area contributed by atoms with Gasteiger partial charge in [0.1, 0.15) is 28.6 Å². The average molecular weight is 523 g/mol. The fourth-order valence-corrected chi connectivity index (χ4v) is 4.59. The van der Waals surface area contributed by atoms with E-state index in [1.165, 1.54) is 0 Å². The van der Waals surface area contributed by atoms with E-state index in [0.717, 1.165) is 23.4 Å². The third kappa shape index (κ3) is 5.20. The molecule has 0 aliphatic carbocycles. The summed E-state index contributed by atoms with van der Waals surface area (Å²) in [4.78, 5) is 13.3. The van der Waals surface area contributed by atoms with Crippen molar-refractivity contribution in [3.63, 3.8) is 0 Å². The molecule has 3 aromatic rings. The van der Waals surface area contributed by atoms with Crippen LogP contribution in [-0.4, -0.2) is 39.4 Å². The van der Waals surface area contributed by atoms with Crippen LogP contribution >= 0.6 is 0 Å². The zero-order chi connectivity index (χ0) is 27.8. The molecule has 0 bridgehead atoms. The number of fused-ring (bicyclic) bond motifs is 1. The van der Waals surface area contributed by atoms with Crippen molar-refractivity contribution in [2.75, 3.05) is 18.5 Å². The minimum absolute atomic E-state index is 0.0269. The molecule has 1 aromatic heterocycles. The number of urea groups is 1. The van der Waals surface area contributed by atoms with Crippen molar-refractivity contribution in [1.82, 2.24) is 14.7 Å². The molecule has 0 saturated heterocycles. The molecule has 0 spiro atoms. The van der Waals surface area contributed by atoms with Gasteiger partial charge in [-0.3, -0.25) is 4.90 Å². The normalized spacial score (nSPS) is 13.8. The van der Waals surface area contributed by atoms with Crippen LogP contribution in [-0.2, 0) is 13.0 Å². The van der Waals surface area contributed by atoms with E-state index in [-0.39, 0.29) is 17.2 Å². The summed E-state index contributed by atoms with van der Waals surface area (Å²) in [5.74, 6) is -0.754. The van der Waals surface area contributed by atoms with Gasteiger partial charge in [0.05, 0.1) is 29.8 Å². The topological polar surface area (TPSA) is 109 Å². The maximum absolute atomic E-state index is 15.7. The van der Waals surface area contributed by atoms with E-state index in [4.69, 9.17) is 15.6 Å². The zero-order valence-electron chi connectivity index (χ0n) is 22.2. The highest BCUT2D eigenvalue weighted by molar-refractivity contribution is 5.88. The molecule has 4 rings (SSSR count). The minimum Gasteiger partial charge on any atom is -0.491 e. The molecule has 8 nitrogen and oxygen atoms in total. The number of carbonyl (C=O) groups is 1. The van der Waals surface area contributed by atoms with E-state index in [0.29, 0.717) is 48.8 Å². The maximum Gasteiger partial charge on any atom is 0.316 e. The standard InChI is InChI=1S/C28H32F2N6O2/c1-16(2)14-38-24-8-6-7-17(3)25(24)36-26(18-11-21(30)23(12-20(18)29)33-27(32)37)19-13-35(28(4,5)15-31)10-9-22(19)34-36/h6-8,11-12,16H,9-10,13-14H2,1-5H3,(H3,32,33,37). The number of carbonyl (C=O) groups excluding carboxylic acids is 1. The highest BCUT2D eigenvalue weighted by Crippen LogP contribution is 2.40. The van der Waals surface area contributed by atoms with Gasteiger partial charge < -0.3 is 15.8 Å². The quantitative estimate of drug-likeness (QED) is 0.437. The first kappa shape index (κ1) is 27.1. The van der Waals surface area contributed by atoms with Crippen LogP contribution in [0.15, 0.2) is 30.3 Å². The second kappa shape index (κ2) is 10.4. The Kier molecular flexibility index (Phi) is 7.42. The first-order valence-electron chi connectivity index (χ1n) is 12.5. The number of primary amides is 1. The number of hydrogen-bond acceptors (Lipinski definition) is 5. The molecule has 0 unspecified atom stereocenters. The van der Waals surface area contributed by atoms with Crippen LogP contribution in [0, 0.1) is 35.8 Å². The van der Waals surface area contributed by atoms with Gasteiger partial charge in [-0.2, -0.15) is 10.4 Å². The molecule has 3 N–H and O–H groups in total. The van der Waals surface area contributed by atoms with Crippen molar-refractivity contribution in [2.24, 2.45) is 11.7 Å². The number of rotatable bonds is 7. The molecule has 2 aromatic carbocycles. The fourth-order valence-electron chi connectivity index (χ4n) is 4.59. The molecule has 1 aliphatic heterocycles. The van der Waals surface area contributed by atoms with Gasteiger partial charge in [0.25, 0.3) is 0 Å². The number of nitrogens with two attached hydrogens (primary N) is 1. The summed E-state index contributed by atoms with van der Waals surface area (Å²) in [6.07, 6.45) is 0.528. The predicted octanol–water partition coefficient (Wildman–Crippen LogP) is 5.31. The number of aryl methyl sites for hydroxylation is 1. The predicted molar refractivity (Wildman–Crippen MR) is 141 cm³/mol. The van der Waals surface area contributed by atoms with Crippen molar-refractivity contribution >= 4 is 11.7 Å². The van der Waals surface area contributed by atoms with Gasteiger partial charge in [0.15, 0.2) is 0 Å². The molecule has 2 heterocycles. The molecule has 38 heavy (non-hydrogen) atoms. The summed E-state index contributed by atoms with van der Waals surface area (Å²) in [5, 5.41) is 16.7. The van der Waals surface area contributed by atoms with Crippen LogP contribution < -0.4 is 15.8 Å². The first-order chi connectivity index (χ1) is 17.9. The fraction of sp³-hybridized carbons (Fsp3) is 0.393. The lowest BCUT2D eigenvalue weighted by Gasteiger charge is -2.35. The van der Waals surface area contributed by atoms with Crippen molar-refractivity contribution in [3.05, 3.63) is 58.8 Å². The van der Waals surface area contributed by atoms with Gasteiger partial charge in [0.2, 0.25) is 0 Å². The Bertz CT molecular complexity index is 1420. The number of aromatic nitrogens is 2. The Morgan fingerprint density at radius 2 is 2.03 bits per heavy atom. The Hall–Kier alpha value is -3.97. The summed E-state index contributed by atoms with van der Waals surface area (Å²) >= 11 is 0. The van der Waals surface area contributed by atoms with E-state index in [9.17, 15) is 10.1 Å². The molecular weight excluding hydrogens is 490 g/mol. The number of para-hydroxylation sites is 1. The largest absolute Gasteiger partial charge is 0.491 e. The Labute approximate surface area is 221 Å². The molecular formula is C28H32F2N6O2. The number of benzene rings is 2. The van der Waals surface area contributed by atoms with Gasteiger partial charge in [-0.05, 0) is 44.4 Å². The van der Waals surface area contributed by atoms with Crippen molar-refractivity contribution in [1.29, 1.82) is 5.26 Å². The zero-order valence-corrected chi connectivity index (χ0v) is 22.2. The molecule has 0 atom stereocenters. The van der Waals surface area contributed by atoms with Crippen LogP contribution in [0.4, 0.5) is 19.3 Å².